The molecule has 2 aliphatic carbocycles. The number of nitrogens with zero attached hydrogens (tertiary/aromatic N) is 1. The zero-order valence-electron chi connectivity index (χ0n) is 14.7. The van der Waals surface area contributed by atoms with Gasteiger partial charge in [0.15, 0.2) is 0 Å². The van der Waals surface area contributed by atoms with Crippen LogP contribution in [0.5, 0.6) is 0 Å². The van der Waals surface area contributed by atoms with Crippen LogP contribution in [-0.2, 0) is 11.3 Å². The molecule has 1 saturated heterocycles. The maximum Gasteiger partial charge on any atom is 0.145 e. The van der Waals surface area contributed by atoms with Crippen molar-refractivity contribution in [2.24, 2.45) is 5.92 Å². The number of aromatic nitrogens is 1. The average Bonchev–Trinajstić information content (AvgIpc) is 3.09. The second-order valence-electron chi connectivity index (χ2n) is 7.88. The van der Waals surface area contributed by atoms with Crippen LogP contribution < -0.4 is 5.32 Å². The number of ether oxygens (including phenoxy) is 1. The van der Waals surface area contributed by atoms with E-state index in [1.165, 1.54) is 6.42 Å². The van der Waals surface area contributed by atoms with Gasteiger partial charge in [-0.15, -0.1) is 0 Å². The Balaban J connectivity index is 1.45. The summed E-state index contributed by atoms with van der Waals surface area (Å²) >= 11 is 12.8. The van der Waals surface area contributed by atoms with Gasteiger partial charge in [0.1, 0.15) is 11.5 Å². The highest BCUT2D eigenvalue weighted by molar-refractivity contribution is 6.39. The van der Waals surface area contributed by atoms with Crippen molar-refractivity contribution in [1.29, 1.82) is 0 Å². The van der Waals surface area contributed by atoms with Gasteiger partial charge in [0.2, 0.25) is 0 Å². The fourth-order valence-electron chi connectivity index (χ4n) is 4.62. The molecule has 2 aromatic rings. The highest BCUT2D eigenvalue weighted by atomic mass is 35.5. The van der Waals surface area contributed by atoms with Crippen molar-refractivity contribution in [2.45, 2.75) is 63.3 Å². The molecule has 26 heavy (non-hydrogen) atoms. The van der Waals surface area contributed by atoms with Gasteiger partial charge in [-0.1, -0.05) is 34.4 Å². The van der Waals surface area contributed by atoms with Gasteiger partial charge < -0.3 is 14.6 Å². The minimum absolute atomic E-state index is 0.299. The van der Waals surface area contributed by atoms with Crippen LogP contribution in [0.25, 0.3) is 11.3 Å². The molecule has 1 aromatic carbocycles. The van der Waals surface area contributed by atoms with E-state index in [1.54, 1.807) is 0 Å². The van der Waals surface area contributed by atoms with E-state index >= 15 is 0 Å². The maximum atomic E-state index is 6.42. The number of halogens is 2. The normalized spacial score (nSPS) is 30.3. The third-order valence-corrected chi connectivity index (χ3v) is 6.73. The second-order valence-corrected chi connectivity index (χ2v) is 8.70. The number of hydrogen-bond acceptors (Lipinski definition) is 4. The minimum Gasteiger partial charge on any atom is -0.373 e. The largest absolute Gasteiger partial charge is 0.373 e. The van der Waals surface area contributed by atoms with Crippen LogP contribution in [0.4, 0.5) is 0 Å². The van der Waals surface area contributed by atoms with E-state index in [0.29, 0.717) is 46.7 Å². The van der Waals surface area contributed by atoms with Crippen molar-refractivity contribution >= 4 is 23.2 Å². The molecule has 0 amide bonds. The molecule has 0 spiro atoms. The van der Waals surface area contributed by atoms with E-state index in [4.69, 9.17) is 32.5 Å². The van der Waals surface area contributed by atoms with Crippen molar-refractivity contribution in [3.63, 3.8) is 0 Å². The first kappa shape index (κ1) is 17.1. The second kappa shape index (κ2) is 6.52. The third kappa shape index (κ3) is 2.88. The SMILES string of the molecule is CC1NC2CC(OCc3c(-c4c(Cl)cccc4Cl)noc3C3CC3)C1C2. The van der Waals surface area contributed by atoms with Crippen molar-refractivity contribution < 1.29 is 9.26 Å². The third-order valence-electron chi connectivity index (χ3n) is 6.10. The average molecular weight is 393 g/mol. The summed E-state index contributed by atoms with van der Waals surface area (Å²) in [6.07, 6.45) is 4.89. The van der Waals surface area contributed by atoms with Crippen LogP contribution in [0.3, 0.4) is 0 Å². The summed E-state index contributed by atoms with van der Waals surface area (Å²) in [5.74, 6) is 2.00. The first-order chi connectivity index (χ1) is 12.6. The van der Waals surface area contributed by atoms with Crippen molar-refractivity contribution in [3.05, 3.63) is 39.6 Å². The standard InChI is InChI=1S/C20H22Cl2N2O2/c1-10-13-7-12(23-10)8-17(13)25-9-14-19(24-26-20(14)11-5-6-11)18-15(21)3-2-4-16(18)22/h2-4,10-13,17,23H,5-9H2,1H3. The van der Waals surface area contributed by atoms with Crippen LogP contribution in [-0.4, -0.2) is 23.3 Å². The minimum atomic E-state index is 0.299. The number of fused-ring (bicyclic) bond motifs is 2. The molecule has 2 heterocycles. The fourth-order valence-corrected chi connectivity index (χ4v) is 5.20. The van der Waals surface area contributed by atoms with Crippen LogP contribution >= 0.6 is 23.2 Å². The summed E-state index contributed by atoms with van der Waals surface area (Å²) in [5, 5.41) is 9.14. The van der Waals surface area contributed by atoms with Gasteiger partial charge in [0.25, 0.3) is 0 Å². The number of rotatable bonds is 5. The lowest BCUT2D eigenvalue weighted by atomic mass is 9.98. The molecule has 4 atom stereocenters. The molecule has 5 rings (SSSR count). The van der Waals surface area contributed by atoms with Crippen LogP contribution in [0.15, 0.2) is 22.7 Å². The van der Waals surface area contributed by atoms with Crippen molar-refractivity contribution in [3.8, 4) is 11.3 Å². The fraction of sp³-hybridized carbons (Fsp3) is 0.550. The van der Waals surface area contributed by atoms with Crippen LogP contribution in [0.2, 0.25) is 10.0 Å². The molecular weight excluding hydrogens is 371 g/mol. The van der Waals surface area contributed by atoms with E-state index in [2.05, 4.69) is 17.4 Å². The molecule has 1 aliphatic heterocycles. The monoisotopic (exact) mass is 392 g/mol. The summed E-state index contributed by atoms with van der Waals surface area (Å²) in [7, 11) is 0. The van der Waals surface area contributed by atoms with Crippen LogP contribution in [0, 0.1) is 5.92 Å². The zero-order chi connectivity index (χ0) is 17.8. The lowest BCUT2D eigenvalue weighted by molar-refractivity contribution is -0.000758. The molecular formula is C20H22Cl2N2O2. The molecule has 138 valence electrons. The Labute approximate surface area is 163 Å². The molecule has 3 fully saturated rings. The van der Waals surface area contributed by atoms with Crippen molar-refractivity contribution in [1.82, 2.24) is 10.5 Å². The summed E-state index contributed by atoms with van der Waals surface area (Å²) < 4.78 is 12.1. The molecule has 2 saturated carbocycles. The van der Waals surface area contributed by atoms with Crippen LogP contribution in [0.1, 0.15) is 49.8 Å². The zero-order valence-corrected chi connectivity index (χ0v) is 16.2. The molecule has 2 bridgehead atoms. The lowest BCUT2D eigenvalue weighted by Gasteiger charge is -2.28. The van der Waals surface area contributed by atoms with E-state index < -0.39 is 0 Å². The predicted molar refractivity (Wildman–Crippen MR) is 102 cm³/mol. The topological polar surface area (TPSA) is 47.3 Å². The van der Waals surface area contributed by atoms with Gasteiger partial charge in [-0.2, -0.15) is 0 Å². The van der Waals surface area contributed by atoms with E-state index in [1.807, 2.05) is 18.2 Å². The van der Waals surface area contributed by atoms with Gasteiger partial charge in [-0.05, 0) is 44.7 Å². The Hall–Kier alpha value is -1.07. The van der Waals surface area contributed by atoms with E-state index in [0.717, 1.165) is 41.8 Å². The van der Waals surface area contributed by atoms with Gasteiger partial charge >= 0.3 is 0 Å². The molecule has 4 nitrogen and oxygen atoms in total. The molecule has 4 unspecified atom stereocenters. The highest BCUT2D eigenvalue weighted by Gasteiger charge is 2.45. The number of hydrogen-bond donors (Lipinski definition) is 1. The van der Waals surface area contributed by atoms with Gasteiger partial charge in [0, 0.05) is 35.0 Å². The summed E-state index contributed by atoms with van der Waals surface area (Å²) in [5.41, 5.74) is 2.50. The molecule has 1 aromatic heterocycles. The molecule has 0 radical (unpaired) electrons. The summed E-state index contributed by atoms with van der Waals surface area (Å²) in [6.45, 7) is 2.76. The van der Waals surface area contributed by atoms with Gasteiger partial charge in [-0.25, -0.2) is 0 Å². The van der Waals surface area contributed by atoms with Gasteiger partial charge in [0.05, 0.1) is 22.8 Å². The van der Waals surface area contributed by atoms with E-state index in [9.17, 15) is 0 Å². The van der Waals surface area contributed by atoms with Crippen molar-refractivity contribution in [2.75, 3.05) is 0 Å². The van der Waals surface area contributed by atoms with Gasteiger partial charge in [-0.3, -0.25) is 0 Å². The number of piperidine rings is 1. The quantitative estimate of drug-likeness (QED) is 0.760. The Bertz CT molecular complexity index is 813. The smallest absolute Gasteiger partial charge is 0.145 e. The first-order valence-corrected chi connectivity index (χ1v) is 10.2. The highest BCUT2D eigenvalue weighted by Crippen LogP contribution is 2.46. The number of benzene rings is 1. The van der Waals surface area contributed by atoms with E-state index in [-0.39, 0.29) is 0 Å². The Kier molecular flexibility index (Phi) is 4.28. The summed E-state index contributed by atoms with van der Waals surface area (Å²) in [6, 6.07) is 6.64. The molecule has 1 N–H and O–H groups in total. The maximum absolute atomic E-state index is 6.42. The number of nitrogens with one attached hydrogen (secondary N) is 1. The lowest BCUT2D eigenvalue weighted by Crippen LogP contribution is -2.40. The first-order valence-electron chi connectivity index (χ1n) is 9.42. The Morgan fingerprint density at radius 1 is 1.23 bits per heavy atom. The molecule has 3 aliphatic rings. The predicted octanol–water partition coefficient (Wildman–Crippen LogP) is 5.18. The summed E-state index contributed by atoms with van der Waals surface area (Å²) in [4.78, 5) is 0. The Morgan fingerprint density at radius 3 is 2.65 bits per heavy atom. The Morgan fingerprint density at radius 2 is 2.00 bits per heavy atom. The molecule has 6 heteroatoms.